The number of amides is 1. The molecule has 0 saturated carbocycles. The lowest BCUT2D eigenvalue weighted by atomic mass is 9.94. The second-order valence-corrected chi connectivity index (χ2v) is 9.82. The van der Waals surface area contributed by atoms with Crippen molar-refractivity contribution in [2.24, 2.45) is 7.05 Å². The van der Waals surface area contributed by atoms with Gasteiger partial charge in [0.05, 0.1) is 17.5 Å². The number of sulfonamides is 1. The topological polar surface area (TPSA) is 88.4 Å². The summed E-state index contributed by atoms with van der Waals surface area (Å²) in [5.41, 5.74) is 4.50. The molecule has 0 atom stereocenters. The first-order valence-corrected chi connectivity index (χ1v) is 11.6. The van der Waals surface area contributed by atoms with Crippen molar-refractivity contribution in [3.05, 3.63) is 46.5 Å². The van der Waals surface area contributed by atoms with Crippen LogP contribution >= 0.6 is 0 Å². The van der Waals surface area contributed by atoms with Gasteiger partial charge in [0.2, 0.25) is 10.0 Å². The van der Waals surface area contributed by atoms with E-state index in [1.165, 1.54) is 10.6 Å². The molecule has 0 spiro atoms. The molecule has 0 aromatic carbocycles. The molecule has 29 heavy (non-hydrogen) atoms. The third-order valence-electron chi connectivity index (χ3n) is 5.78. The normalized spacial score (nSPS) is 16.2. The van der Waals surface area contributed by atoms with Gasteiger partial charge < -0.3 is 4.90 Å². The summed E-state index contributed by atoms with van der Waals surface area (Å²) in [5, 5.41) is 4.40. The van der Waals surface area contributed by atoms with Crippen molar-refractivity contribution in [1.82, 2.24) is 24.0 Å². The van der Waals surface area contributed by atoms with E-state index in [1.807, 2.05) is 37.7 Å². The maximum Gasteiger partial charge on any atom is 0.255 e. The molecule has 158 valence electrons. The Bertz CT molecular complexity index is 990. The molecule has 1 aliphatic rings. The van der Waals surface area contributed by atoms with Crippen LogP contribution in [0.3, 0.4) is 0 Å². The van der Waals surface area contributed by atoms with Gasteiger partial charge in [0.1, 0.15) is 0 Å². The largest absolute Gasteiger partial charge is 0.337 e. The first kappa shape index (κ1) is 21.4. The van der Waals surface area contributed by atoms with Crippen LogP contribution in [-0.4, -0.2) is 64.7 Å². The van der Waals surface area contributed by atoms with E-state index in [0.717, 1.165) is 35.5 Å². The smallest absolute Gasteiger partial charge is 0.255 e. The summed E-state index contributed by atoms with van der Waals surface area (Å²) in [7, 11) is 0.548. The minimum atomic E-state index is -3.13. The van der Waals surface area contributed by atoms with E-state index in [2.05, 4.69) is 10.1 Å². The van der Waals surface area contributed by atoms with Gasteiger partial charge >= 0.3 is 0 Å². The third kappa shape index (κ3) is 4.67. The van der Waals surface area contributed by atoms with Crippen molar-refractivity contribution in [2.45, 2.75) is 39.2 Å². The van der Waals surface area contributed by atoms with Crippen LogP contribution in [0.15, 0.2) is 18.3 Å². The minimum absolute atomic E-state index is 0.0846. The molecule has 0 bridgehead atoms. The average molecular weight is 420 g/mol. The molecule has 1 amide bonds. The van der Waals surface area contributed by atoms with Crippen molar-refractivity contribution in [2.75, 3.05) is 26.4 Å². The molecule has 9 heteroatoms. The number of hydrogen-bond acceptors (Lipinski definition) is 5. The highest BCUT2D eigenvalue weighted by Gasteiger charge is 2.26. The monoisotopic (exact) mass is 419 g/mol. The fourth-order valence-corrected chi connectivity index (χ4v) is 4.71. The SMILES string of the molecule is Cc1nn(C)c(C)c1CN(C)C(=O)c1ccc(C2CCN(S(C)(=O)=O)CC2)nc1. The molecule has 2 aromatic rings. The Labute approximate surface area is 172 Å². The summed E-state index contributed by atoms with van der Waals surface area (Å²) < 4.78 is 26.6. The molecule has 1 aliphatic heterocycles. The lowest BCUT2D eigenvalue weighted by molar-refractivity contribution is 0.0784. The van der Waals surface area contributed by atoms with Crippen molar-refractivity contribution in [3.63, 3.8) is 0 Å². The summed E-state index contributed by atoms with van der Waals surface area (Å²) in [6.07, 6.45) is 4.36. The fourth-order valence-electron chi connectivity index (χ4n) is 3.83. The van der Waals surface area contributed by atoms with Crippen LogP contribution < -0.4 is 0 Å². The zero-order valence-electron chi connectivity index (χ0n) is 17.7. The molecule has 1 fully saturated rings. The maximum atomic E-state index is 12.8. The number of hydrogen-bond donors (Lipinski definition) is 0. The Kier molecular flexibility index (Phi) is 6.09. The summed E-state index contributed by atoms with van der Waals surface area (Å²) in [6.45, 7) is 5.47. The Morgan fingerprint density at radius 3 is 2.38 bits per heavy atom. The summed E-state index contributed by atoms with van der Waals surface area (Å²) in [5.74, 6) is 0.133. The fraction of sp³-hybridized carbons (Fsp3) is 0.550. The molecule has 0 radical (unpaired) electrons. The van der Waals surface area contributed by atoms with Crippen molar-refractivity contribution < 1.29 is 13.2 Å². The van der Waals surface area contributed by atoms with Crippen molar-refractivity contribution in [3.8, 4) is 0 Å². The Morgan fingerprint density at radius 2 is 1.90 bits per heavy atom. The summed E-state index contributed by atoms with van der Waals surface area (Å²) in [4.78, 5) is 19.0. The number of aryl methyl sites for hydroxylation is 2. The van der Waals surface area contributed by atoms with Gasteiger partial charge in [-0.3, -0.25) is 14.5 Å². The van der Waals surface area contributed by atoms with E-state index in [-0.39, 0.29) is 11.8 Å². The predicted molar refractivity (Wildman–Crippen MR) is 111 cm³/mol. The lowest BCUT2D eigenvalue weighted by Crippen LogP contribution is -2.37. The Morgan fingerprint density at radius 1 is 1.24 bits per heavy atom. The highest BCUT2D eigenvalue weighted by atomic mass is 32.2. The second-order valence-electron chi connectivity index (χ2n) is 7.84. The highest BCUT2D eigenvalue weighted by molar-refractivity contribution is 7.88. The second kappa shape index (κ2) is 8.23. The Hall–Kier alpha value is -2.26. The van der Waals surface area contributed by atoms with Crippen molar-refractivity contribution >= 4 is 15.9 Å². The number of carbonyl (C=O) groups is 1. The number of pyridine rings is 1. The number of rotatable bonds is 5. The van der Waals surface area contributed by atoms with Gasteiger partial charge in [-0.05, 0) is 38.8 Å². The van der Waals surface area contributed by atoms with Crippen molar-refractivity contribution in [1.29, 1.82) is 0 Å². The molecule has 0 N–H and O–H groups in total. The van der Waals surface area contributed by atoms with Gasteiger partial charge in [-0.2, -0.15) is 5.10 Å². The van der Waals surface area contributed by atoms with Gasteiger partial charge in [-0.25, -0.2) is 12.7 Å². The lowest BCUT2D eigenvalue weighted by Gasteiger charge is -2.29. The molecule has 3 rings (SSSR count). The van der Waals surface area contributed by atoms with Crippen LogP contribution in [-0.2, 0) is 23.6 Å². The van der Waals surface area contributed by atoms with Gasteiger partial charge in [-0.15, -0.1) is 0 Å². The molecule has 0 aliphatic carbocycles. The van der Waals surface area contributed by atoms with E-state index in [1.54, 1.807) is 18.1 Å². The number of piperidine rings is 1. The van der Waals surface area contributed by atoms with Crippen LogP contribution in [0.25, 0.3) is 0 Å². The zero-order chi connectivity index (χ0) is 21.3. The van der Waals surface area contributed by atoms with E-state index < -0.39 is 10.0 Å². The van der Waals surface area contributed by atoms with E-state index in [0.29, 0.717) is 25.2 Å². The van der Waals surface area contributed by atoms with Gasteiger partial charge in [0.25, 0.3) is 5.91 Å². The number of carbonyl (C=O) groups excluding carboxylic acids is 1. The minimum Gasteiger partial charge on any atom is -0.337 e. The highest BCUT2D eigenvalue weighted by Crippen LogP contribution is 2.27. The summed E-state index contributed by atoms with van der Waals surface area (Å²) >= 11 is 0. The molecule has 3 heterocycles. The Balaban J connectivity index is 1.64. The van der Waals surface area contributed by atoms with Crippen LogP contribution in [0.1, 0.15) is 51.8 Å². The number of aromatic nitrogens is 3. The zero-order valence-corrected chi connectivity index (χ0v) is 18.5. The maximum absolute atomic E-state index is 12.8. The molecule has 1 saturated heterocycles. The summed E-state index contributed by atoms with van der Waals surface area (Å²) in [6, 6.07) is 3.70. The van der Waals surface area contributed by atoms with Gasteiger partial charge in [0.15, 0.2) is 0 Å². The van der Waals surface area contributed by atoms with Crippen LogP contribution in [0.4, 0.5) is 0 Å². The van der Waals surface area contributed by atoms with Gasteiger partial charge in [-0.1, -0.05) is 0 Å². The van der Waals surface area contributed by atoms with E-state index in [9.17, 15) is 13.2 Å². The van der Waals surface area contributed by atoms with Crippen LogP contribution in [0.2, 0.25) is 0 Å². The molecular formula is C20H29N5O3S. The molecule has 8 nitrogen and oxygen atoms in total. The quantitative estimate of drug-likeness (QED) is 0.738. The predicted octanol–water partition coefficient (Wildman–Crippen LogP) is 1.84. The van der Waals surface area contributed by atoms with E-state index in [4.69, 9.17) is 0 Å². The first-order valence-electron chi connectivity index (χ1n) is 9.73. The standard InChI is InChI=1S/C20H29N5O3S/c1-14-18(15(2)24(4)22-14)13-23(3)20(26)17-6-7-19(21-12-17)16-8-10-25(11-9-16)29(5,27)28/h6-7,12,16H,8-11,13H2,1-5H3. The average Bonchev–Trinajstić information content (AvgIpc) is 2.93. The van der Waals surface area contributed by atoms with E-state index >= 15 is 0 Å². The molecule has 0 unspecified atom stereocenters. The number of nitrogens with zero attached hydrogens (tertiary/aromatic N) is 5. The van der Waals surface area contributed by atoms with Crippen LogP contribution in [0.5, 0.6) is 0 Å². The van der Waals surface area contributed by atoms with Crippen LogP contribution in [0, 0.1) is 13.8 Å². The third-order valence-corrected chi connectivity index (χ3v) is 7.08. The molecule has 2 aromatic heterocycles. The molecular weight excluding hydrogens is 390 g/mol. The first-order chi connectivity index (χ1) is 13.6. The van der Waals surface area contributed by atoms with Gasteiger partial charge in [0, 0.05) is 62.8 Å².